The average Bonchev–Trinajstić information content (AvgIpc) is 2.75. The molecule has 1 fully saturated rings. The zero-order chi connectivity index (χ0) is 12.5. The number of nitrogens with two attached hydrogens (primary N) is 1. The third-order valence-electron chi connectivity index (χ3n) is 3.61. The first-order valence-corrected chi connectivity index (χ1v) is 6.55. The molecule has 0 spiro atoms. The van der Waals surface area contributed by atoms with Crippen molar-refractivity contribution in [3.8, 4) is 0 Å². The van der Waals surface area contributed by atoms with Crippen LogP contribution in [-0.2, 0) is 6.54 Å². The van der Waals surface area contributed by atoms with Crippen molar-refractivity contribution >= 4 is 10.9 Å². The van der Waals surface area contributed by atoms with Gasteiger partial charge in [-0.25, -0.2) is 0 Å². The first kappa shape index (κ1) is 11.6. The smallest absolute Gasteiger partial charge is 0.0705 e. The Kier molecular flexibility index (Phi) is 3.02. The highest BCUT2D eigenvalue weighted by molar-refractivity contribution is 5.79. The molecule has 2 N–H and O–H groups in total. The Labute approximate surface area is 108 Å². The van der Waals surface area contributed by atoms with Crippen molar-refractivity contribution in [2.45, 2.75) is 25.9 Å². The van der Waals surface area contributed by atoms with Crippen LogP contribution in [0.15, 0.2) is 30.3 Å². The summed E-state index contributed by atoms with van der Waals surface area (Å²) in [7, 11) is 0. The molecule has 1 atom stereocenters. The van der Waals surface area contributed by atoms with Crippen LogP contribution in [0.3, 0.4) is 0 Å². The summed E-state index contributed by atoms with van der Waals surface area (Å²) in [5.74, 6) is 0. The van der Waals surface area contributed by atoms with Gasteiger partial charge in [0.2, 0.25) is 0 Å². The normalized spacial score (nSPS) is 20.7. The van der Waals surface area contributed by atoms with Crippen LogP contribution in [0.5, 0.6) is 0 Å². The third-order valence-corrected chi connectivity index (χ3v) is 3.61. The summed E-state index contributed by atoms with van der Waals surface area (Å²) < 4.78 is 0. The fourth-order valence-corrected chi connectivity index (χ4v) is 2.64. The van der Waals surface area contributed by atoms with E-state index in [-0.39, 0.29) is 0 Å². The quantitative estimate of drug-likeness (QED) is 0.875. The predicted octanol–water partition coefficient (Wildman–Crippen LogP) is 2.08. The van der Waals surface area contributed by atoms with E-state index in [2.05, 4.69) is 40.2 Å². The summed E-state index contributed by atoms with van der Waals surface area (Å²) in [6.45, 7) is 5.16. The van der Waals surface area contributed by atoms with Gasteiger partial charge in [0.15, 0.2) is 0 Å². The van der Waals surface area contributed by atoms with Crippen LogP contribution in [0.25, 0.3) is 10.9 Å². The standard InChI is InChI=1S/C15H19N3/c1-11-2-4-13-8-12(3-5-15(13)17-11)9-18-7-6-14(16)10-18/h2-5,8,14H,6-7,9-10,16H2,1H3. The Morgan fingerprint density at radius 2 is 2.22 bits per heavy atom. The molecular weight excluding hydrogens is 222 g/mol. The van der Waals surface area contributed by atoms with Gasteiger partial charge in [-0.15, -0.1) is 0 Å². The van der Waals surface area contributed by atoms with E-state index in [9.17, 15) is 0 Å². The number of pyridine rings is 1. The summed E-state index contributed by atoms with van der Waals surface area (Å²) in [4.78, 5) is 6.95. The lowest BCUT2D eigenvalue weighted by Crippen LogP contribution is -2.26. The molecule has 0 radical (unpaired) electrons. The topological polar surface area (TPSA) is 42.1 Å². The average molecular weight is 241 g/mol. The number of hydrogen-bond acceptors (Lipinski definition) is 3. The molecule has 3 rings (SSSR count). The van der Waals surface area contributed by atoms with Gasteiger partial charge in [0, 0.05) is 36.8 Å². The van der Waals surface area contributed by atoms with Crippen LogP contribution in [0, 0.1) is 6.92 Å². The molecule has 0 saturated carbocycles. The van der Waals surface area contributed by atoms with Crippen LogP contribution < -0.4 is 5.73 Å². The van der Waals surface area contributed by atoms with E-state index in [1.807, 2.05) is 6.92 Å². The van der Waals surface area contributed by atoms with Gasteiger partial charge >= 0.3 is 0 Å². The lowest BCUT2D eigenvalue weighted by Gasteiger charge is -2.15. The number of aromatic nitrogens is 1. The number of nitrogens with zero attached hydrogens (tertiary/aromatic N) is 2. The highest BCUT2D eigenvalue weighted by Gasteiger charge is 2.18. The van der Waals surface area contributed by atoms with Crippen molar-refractivity contribution in [1.29, 1.82) is 0 Å². The lowest BCUT2D eigenvalue weighted by atomic mass is 10.1. The molecule has 0 amide bonds. The number of fused-ring (bicyclic) bond motifs is 1. The van der Waals surface area contributed by atoms with Gasteiger partial charge < -0.3 is 5.73 Å². The Morgan fingerprint density at radius 1 is 1.33 bits per heavy atom. The van der Waals surface area contributed by atoms with Gasteiger partial charge in [-0.3, -0.25) is 9.88 Å². The first-order chi connectivity index (χ1) is 8.70. The maximum Gasteiger partial charge on any atom is 0.0705 e. The van der Waals surface area contributed by atoms with Crippen LogP contribution in [0.4, 0.5) is 0 Å². The van der Waals surface area contributed by atoms with Crippen LogP contribution in [-0.4, -0.2) is 29.0 Å². The summed E-state index contributed by atoms with van der Waals surface area (Å²) in [6.07, 6.45) is 1.12. The maximum atomic E-state index is 5.93. The van der Waals surface area contributed by atoms with Crippen LogP contribution >= 0.6 is 0 Å². The van der Waals surface area contributed by atoms with E-state index in [0.29, 0.717) is 6.04 Å². The summed E-state index contributed by atoms with van der Waals surface area (Å²) in [5, 5.41) is 1.22. The number of hydrogen-bond donors (Lipinski definition) is 1. The molecule has 1 unspecified atom stereocenters. The molecule has 18 heavy (non-hydrogen) atoms. The number of rotatable bonds is 2. The summed E-state index contributed by atoms with van der Waals surface area (Å²) in [6, 6.07) is 11.1. The van der Waals surface area contributed by atoms with E-state index in [4.69, 9.17) is 5.73 Å². The monoisotopic (exact) mass is 241 g/mol. The molecule has 94 valence electrons. The summed E-state index contributed by atoms with van der Waals surface area (Å²) >= 11 is 0. The van der Waals surface area contributed by atoms with Gasteiger partial charge in [-0.05, 0) is 37.1 Å². The van der Waals surface area contributed by atoms with Crippen molar-refractivity contribution in [2.75, 3.05) is 13.1 Å². The zero-order valence-corrected chi connectivity index (χ0v) is 10.8. The zero-order valence-electron chi connectivity index (χ0n) is 10.8. The minimum absolute atomic E-state index is 0.356. The second-order valence-corrected chi connectivity index (χ2v) is 5.26. The molecule has 2 heterocycles. The number of benzene rings is 1. The first-order valence-electron chi connectivity index (χ1n) is 6.55. The number of likely N-dealkylation sites (tertiary alicyclic amines) is 1. The molecule has 1 saturated heterocycles. The largest absolute Gasteiger partial charge is 0.326 e. The SMILES string of the molecule is Cc1ccc2cc(CN3CCC(N)C3)ccc2n1. The van der Waals surface area contributed by atoms with Gasteiger partial charge in [-0.2, -0.15) is 0 Å². The molecule has 0 bridgehead atoms. The highest BCUT2D eigenvalue weighted by Crippen LogP contribution is 2.18. The van der Waals surface area contributed by atoms with Crippen molar-refractivity contribution < 1.29 is 0 Å². The molecule has 2 aromatic rings. The minimum Gasteiger partial charge on any atom is -0.326 e. The summed E-state index contributed by atoms with van der Waals surface area (Å²) in [5.41, 5.74) is 9.43. The molecular formula is C15H19N3. The molecule has 1 aromatic carbocycles. The van der Waals surface area contributed by atoms with Gasteiger partial charge in [0.1, 0.15) is 0 Å². The van der Waals surface area contributed by atoms with E-state index in [1.165, 1.54) is 10.9 Å². The van der Waals surface area contributed by atoms with Gasteiger partial charge in [0.05, 0.1) is 5.52 Å². The maximum absolute atomic E-state index is 5.93. The van der Waals surface area contributed by atoms with Gasteiger partial charge in [-0.1, -0.05) is 12.1 Å². The highest BCUT2D eigenvalue weighted by atomic mass is 15.2. The lowest BCUT2D eigenvalue weighted by molar-refractivity contribution is 0.327. The Hall–Kier alpha value is -1.45. The fourth-order valence-electron chi connectivity index (χ4n) is 2.64. The van der Waals surface area contributed by atoms with Crippen molar-refractivity contribution in [2.24, 2.45) is 5.73 Å². The third kappa shape index (κ3) is 2.37. The molecule has 1 aromatic heterocycles. The molecule has 3 nitrogen and oxygen atoms in total. The fraction of sp³-hybridized carbons (Fsp3) is 0.400. The van der Waals surface area contributed by atoms with Crippen molar-refractivity contribution in [3.63, 3.8) is 0 Å². The van der Waals surface area contributed by atoms with Gasteiger partial charge in [0.25, 0.3) is 0 Å². The van der Waals surface area contributed by atoms with E-state index in [0.717, 1.165) is 37.3 Å². The number of aryl methyl sites for hydroxylation is 1. The Balaban J connectivity index is 1.82. The van der Waals surface area contributed by atoms with Crippen molar-refractivity contribution in [1.82, 2.24) is 9.88 Å². The molecule has 1 aliphatic rings. The molecule has 1 aliphatic heterocycles. The van der Waals surface area contributed by atoms with E-state index >= 15 is 0 Å². The Bertz CT molecular complexity index is 565. The Morgan fingerprint density at radius 3 is 3.00 bits per heavy atom. The molecule has 3 heteroatoms. The second-order valence-electron chi connectivity index (χ2n) is 5.26. The van der Waals surface area contributed by atoms with E-state index in [1.54, 1.807) is 0 Å². The van der Waals surface area contributed by atoms with E-state index < -0.39 is 0 Å². The second kappa shape index (κ2) is 4.67. The van der Waals surface area contributed by atoms with Crippen LogP contribution in [0.1, 0.15) is 17.7 Å². The molecule has 0 aliphatic carbocycles. The van der Waals surface area contributed by atoms with Crippen LogP contribution in [0.2, 0.25) is 0 Å². The minimum atomic E-state index is 0.356. The predicted molar refractivity (Wildman–Crippen MR) is 74.3 cm³/mol. The van der Waals surface area contributed by atoms with Crippen molar-refractivity contribution in [3.05, 3.63) is 41.6 Å².